The van der Waals surface area contributed by atoms with Gasteiger partial charge in [0, 0.05) is 24.4 Å². The zero-order valence-electron chi connectivity index (χ0n) is 11.5. The quantitative estimate of drug-likeness (QED) is 0.849. The second kappa shape index (κ2) is 6.05. The first-order chi connectivity index (χ1) is 9.81. The van der Waals surface area contributed by atoms with E-state index in [4.69, 9.17) is 10.5 Å². The monoisotopic (exact) mass is 272 g/mol. The van der Waals surface area contributed by atoms with Gasteiger partial charge in [0.25, 0.3) is 0 Å². The van der Waals surface area contributed by atoms with Gasteiger partial charge >= 0.3 is 0 Å². The zero-order chi connectivity index (χ0) is 13.8. The van der Waals surface area contributed by atoms with Gasteiger partial charge in [-0.3, -0.25) is 4.68 Å². The van der Waals surface area contributed by atoms with Gasteiger partial charge in [0.1, 0.15) is 6.33 Å². The minimum absolute atomic E-state index is 0.454. The summed E-state index contributed by atoms with van der Waals surface area (Å²) < 4.78 is 7.52. The van der Waals surface area contributed by atoms with E-state index < -0.39 is 0 Å². The van der Waals surface area contributed by atoms with Crippen molar-refractivity contribution in [3.8, 4) is 11.4 Å². The maximum atomic E-state index is 5.68. The first-order valence-corrected chi connectivity index (χ1v) is 7.18. The smallest absolute Gasteiger partial charge is 0.181 e. The van der Waals surface area contributed by atoms with Gasteiger partial charge in [0.15, 0.2) is 5.82 Å². The van der Waals surface area contributed by atoms with E-state index >= 15 is 0 Å². The molecule has 0 bridgehead atoms. The fourth-order valence-electron chi connectivity index (χ4n) is 2.52. The molecule has 1 unspecified atom stereocenters. The van der Waals surface area contributed by atoms with E-state index in [2.05, 4.69) is 10.1 Å². The predicted octanol–water partition coefficient (Wildman–Crippen LogP) is 2.49. The lowest BCUT2D eigenvalue weighted by molar-refractivity contribution is 0.101. The molecule has 2 heterocycles. The summed E-state index contributed by atoms with van der Waals surface area (Å²) in [5, 5.41) is 4.50. The molecule has 106 valence electrons. The Morgan fingerprint density at radius 3 is 2.90 bits per heavy atom. The Hall–Kier alpha value is -1.88. The molecule has 20 heavy (non-hydrogen) atoms. The van der Waals surface area contributed by atoms with Crippen molar-refractivity contribution in [2.24, 2.45) is 0 Å². The topological polar surface area (TPSA) is 66.0 Å². The van der Waals surface area contributed by atoms with E-state index in [0.29, 0.717) is 6.10 Å². The van der Waals surface area contributed by atoms with Crippen LogP contribution in [0.25, 0.3) is 11.4 Å². The van der Waals surface area contributed by atoms with Crippen molar-refractivity contribution in [2.75, 3.05) is 12.3 Å². The van der Waals surface area contributed by atoms with Crippen molar-refractivity contribution in [1.82, 2.24) is 14.8 Å². The molecule has 1 aliphatic rings. The van der Waals surface area contributed by atoms with Gasteiger partial charge in [-0.15, -0.1) is 0 Å². The molecule has 1 aromatic heterocycles. The maximum absolute atomic E-state index is 5.68. The van der Waals surface area contributed by atoms with Crippen molar-refractivity contribution < 1.29 is 4.74 Å². The summed E-state index contributed by atoms with van der Waals surface area (Å²) in [6.45, 7) is 1.82. The van der Waals surface area contributed by atoms with Gasteiger partial charge in [0.05, 0.1) is 6.10 Å². The molecule has 3 rings (SSSR count). The molecule has 1 aromatic carbocycles. The third-order valence-corrected chi connectivity index (χ3v) is 3.64. The Morgan fingerprint density at radius 2 is 2.15 bits per heavy atom. The third kappa shape index (κ3) is 3.17. The Balaban J connectivity index is 1.55. The van der Waals surface area contributed by atoms with Crippen LogP contribution in [0.4, 0.5) is 5.69 Å². The Labute approximate surface area is 118 Å². The highest BCUT2D eigenvalue weighted by molar-refractivity contribution is 5.57. The van der Waals surface area contributed by atoms with Crippen molar-refractivity contribution in [3.05, 3.63) is 30.6 Å². The molecular formula is C15H20N4O. The van der Waals surface area contributed by atoms with Crippen molar-refractivity contribution in [2.45, 2.75) is 38.3 Å². The number of nitrogens with zero attached hydrogens (tertiary/aromatic N) is 3. The number of benzene rings is 1. The average molecular weight is 272 g/mol. The number of rotatable bonds is 5. The van der Waals surface area contributed by atoms with E-state index in [1.807, 2.05) is 28.9 Å². The fraction of sp³-hybridized carbons (Fsp3) is 0.467. The first kappa shape index (κ1) is 13.1. The van der Waals surface area contributed by atoms with Crippen LogP contribution in [0.5, 0.6) is 0 Å². The summed E-state index contributed by atoms with van der Waals surface area (Å²) in [5.41, 5.74) is 7.43. The van der Waals surface area contributed by atoms with Crippen molar-refractivity contribution in [3.63, 3.8) is 0 Å². The number of nitrogens with two attached hydrogens (primary N) is 1. The van der Waals surface area contributed by atoms with Crippen LogP contribution < -0.4 is 5.73 Å². The number of nitrogen functional groups attached to an aromatic ring is 1. The molecule has 0 saturated carbocycles. The largest absolute Gasteiger partial charge is 0.399 e. The highest BCUT2D eigenvalue weighted by Crippen LogP contribution is 2.18. The minimum Gasteiger partial charge on any atom is -0.399 e. The highest BCUT2D eigenvalue weighted by atomic mass is 16.5. The van der Waals surface area contributed by atoms with E-state index in [9.17, 15) is 0 Å². The van der Waals surface area contributed by atoms with Crippen LogP contribution in [0.1, 0.15) is 25.7 Å². The summed E-state index contributed by atoms with van der Waals surface area (Å²) in [6.07, 6.45) is 6.84. The van der Waals surface area contributed by atoms with Gasteiger partial charge in [-0.2, -0.15) is 5.10 Å². The second-order valence-corrected chi connectivity index (χ2v) is 5.23. The average Bonchev–Trinajstić information content (AvgIpc) is 3.11. The van der Waals surface area contributed by atoms with E-state index in [1.54, 1.807) is 6.33 Å². The Morgan fingerprint density at radius 1 is 1.30 bits per heavy atom. The van der Waals surface area contributed by atoms with Crippen LogP contribution >= 0.6 is 0 Å². The van der Waals surface area contributed by atoms with E-state index in [1.165, 1.54) is 12.8 Å². The van der Waals surface area contributed by atoms with Gasteiger partial charge < -0.3 is 10.5 Å². The SMILES string of the molecule is Nc1ccc(-c2ncn(CCCC3CCCO3)n2)cc1. The van der Waals surface area contributed by atoms with Crippen LogP contribution in [0.3, 0.4) is 0 Å². The van der Waals surface area contributed by atoms with E-state index in [-0.39, 0.29) is 0 Å². The van der Waals surface area contributed by atoms with Crippen LogP contribution in [0.15, 0.2) is 30.6 Å². The van der Waals surface area contributed by atoms with Gasteiger partial charge in [-0.1, -0.05) is 0 Å². The number of hydrogen-bond donors (Lipinski definition) is 1. The lowest BCUT2D eigenvalue weighted by atomic mass is 10.1. The number of hydrogen-bond acceptors (Lipinski definition) is 4. The Kier molecular flexibility index (Phi) is 3.97. The molecule has 0 radical (unpaired) electrons. The van der Waals surface area contributed by atoms with Crippen molar-refractivity contribution in [1.29, 1.82) is 0 Å². The summed E-state index contributed by atoms with van der Waals surface area (Å²) in [5.74, 6) is 0.752. The van der Waals surface area contributed by atoms with Gasteiger partial charge in [-0.25, -0.2) is 4.98 Å². The predicted molar refractivity (Wildman–Crippen MR) is 78.1 cm³/mol. The summed E-state index contributed by atoms with van der Waals surface area (Å²) in [4.78, 5) is 4.35. The van der Waals surface area contributed by atoms with Crippen molar-refractivity contribution >= 4 is 5.69 Å². The molecule has 2 aromatic rings. The Bertz CT molecular complexity index is 543. The first-order valence-electron chi connectivity index (χ1n) is 7.18. The van der Waals surface area contributed by atoms with Crippen LogP contribution in [0.2, 0.25) is 0 Å². The van der Waals surface area contributed by atoms with Crippen LogP contribution in [0, 0.1) is 0 Å². The lowest BCUT2D eigenvalue weighted by Crippen LogP contribution is -2.07. The molecule has 0 spiro atoms. The van der Waals surface area contributed by atoms with Gasteiger partial charge in [-0.05, 0) is 49.9 Å². The highest BCUT2D eigenvalue weighted by Gasteiger charge is 2.14. The summed E-state index contributed by atoms with van der Waals surface area (Å²) in [6, 6.07) is 7.63. The molecule has 0 aliphatic carbocycles. The lowest BCUT2D eigenvalue weighted by Gasteiger charge is -2.08. The number of aromatic nitrogens is 3. The standard InChI is InChI=1S/C15H20N4O/c16-13-7-5-12(6-8-13)15-17-11-19(18-15)9-1-3-14-4-2-10-20-14/h5-8,11,14H,1-4,9-10,16H2. The fourth-order valence-corrected chi connectivity index (χ4v) is 2.52. The minimum atomic E-state index is 0.454. The third-order valence-electron chi connectivity index (χ3n) is 3.64. The molecule has 0 amide bonds. The maximum Gasteiger partial charge on any atom is 0.181 e. The number of ether oxygens (including phenoxy) is 1. The van der Waals surface area contributed by atoms with Gasteiger partial charge in [0.2, 0.25) is 0 Å². The molecule has 2 N–H and O–H groups in total. The van der Waals surface area contributed by atoms with Crippen LogP contribution in [-0.2, 0) is 11.3 Å². The second-order valence-electron chi connectivity index (χ2n) is 5.23. The van der Waals surface area contributed by atoms with E-state index in [0.717, 1.165) is 43.1 Å². The molecule has 5 heteroatoms. The van der Waals surface area contributed by atoms with Crippen LogP contribution in [-0.4, -0.2) is 27.5 Å². The molecular weight excluding hydrogens is 252 g/mol. The number of anilines is 1. The summed E-state index contributed by atoms with van der Waals surface area (Å²) in [7, 11) is 0. The molecule has 1 aliphatic heterocycles. The normalized spacial score (nSPS) is 18.5. The molecule has 1 atom stereocenters. The zero-order valence-corrected chi connectivity index (χ0v) is 11.5. The summed E-state index contributed by atoms with van der Waals surface area (Å²) >= 11 is 0. The molecule has 5 nitrogen and oxygen atoms in total. The molecule has 1 saturated heterocycles. The number of aryl methyl sites for hydroxylation is 1. The molecule has 1 fully saturated rings.